The quantitative estimate of drug-likeness (QED) is 0.563. The Bertz CT molecular complexity index is 705. The molecule has 0 aliphatic carbocycles. The average Bonchev–Trinajstić information content (AvgIpc) is 3.07. The molecule has 0 aromatic carbocycles. The first-order chi connectivity index (χ1) is 15.3. The van der Waals surface area contributed by atoms with E-state index in [1.165, 1.54) is 0 Å². The van der Waals surface area contributed by atoms with Gasteiger partial charge >= 0.3 is 12.2 Å². The average molecular weight is 485 g/mol. The first-order valence-corrected chi connectivity index (χ1v) is 12.4. The van der Waals surface area contributed by atoms with E-state index < -0.39 is 11.2 Å². The number of aliphatic hydroxyl groups is 1. The maximum absolute atomic E-state index is 12.1. The van der Waals surface area contributed by atoms with Gasteiger partial charge in [-0.05, 0) is 100 Å². The Morgan fingerprint density at radius 3 is 1.59 bits per heavy atom. The van der Waals surface area contributed by atoms with Gasteiger partial charge in [-0.15, -0.1) is 0 Å². The van der Waals surface area contributed by atoms with Crippen LogP contribution in [0.3, 0.4) is 0 Å². The van der Waals surface area contributed by atoms with Crippen LogP contribution in [0.5, 0.6) is 0 Å². The molecule has 2 rings (SSSR count). The Kier molecular flexibility index (Phi) is 10.0. The highest BCUT2D eigenvalue weighted by atomic mass is 16.6. The second-order valence-corrected chi connectivity index (χ2v) is 12.9. The van der Waals surface area contributed by atoms with Crippen molar-refractivity contribution in [3.8, 4) is 0 Å². The molecule has 34 heavy (non-hydrogen) atoms. The van der Waals surface area contributed by atoms with Gasteiger partial charge in [-0.3, -0.25) is 0 Å². The zero-order valence-corrected chi connectivity index (χ0v) is 23.1. The molecule has 0 aromatic heterocycles. The minimum Gasteiger partial charge on any atom is -0.444 e. The maximum atomic E-state index is 12.1. The van der Waals surface area contributed by atoms with Crippen molar-refractivity contribution in [2.75, 3.05) is 19.7 Å². The summed E-state index contributed by atoms with van der Waals surface area (Å²) in [6.45, 7) is 20.8. The van der Waals surface area contributed by atoms with Gasteiger partial charge in [0.1, 0.15) is 17.5 Å². The van der Waals surface area contributed by atoms with Gasteiger partial charge in [0, 0.05) is 37.2 Å². The number of aliphatic hydroxyl groups excluding tert-OH is 1. The molecule has 0 radical (unpaired) electrons. The number of rotatable bonds is 4. The van der Waals surface area contributed by atoms with E-state index in [-0.39, 0.29) is 35.8 Å². The highest BCUT2D eigenvalue weighted by molar-refractivity contribution is 5.70. The van der Waals surface area contributed by atoms with Crippen molar-refractivity contribution >= 4 is 18.5 Å². The van der Waals surface area contributed by atoms with E-state index in [0.29, 0.717) is 25.4 Å². The SMILES string of the molecule is CC(C)(C)OC(=O)N1C[C@@H](CC=O)CC1(C)C.CC(C)(C)OC(=O)N1C[C@@H](CCO)CC1(C)C. The van der Waals surface area contributed by atoms with Gasteiger partial charge in [0.2, 0.25) is 0 Å². The van der Waals surface area contributed by atoms with Crippen LogP contribution in [0.15, 0.2) is 0 Å². The van der Waals surface area contributed by atoms with Gasteiger partial charge in [0.05, 0.1) is 0 Å². The Labute approximate surface area is 206 Å². The second kappa shape index (κ2) is 11.3. The number of amides is 2. The summed E-state index contributed by atoms with van der Waals surface area (Å²) in [7, 11) is 0. The van der Waals surface area contributed by atoms with Crippen molar-refractivity contribution in [1.29, 1.82) is 0 Å². The third-order valence-corrected chi connectivity index (χ3v) is 6.11. The maximum Gasteiger partial charge on any atom is 0.410 e. The minimum atomic E-state index is -0.476. The number of hydrogen-bond donors (Lipinski definition) is 1. The summed E-state index contributed by atoms with van der Waals surface area (Å²) in [5.41, 5.74) is -1.34. The van der Waals surface area contributed by atoms with Gasteiger partial charge in [0.15, 0.2) is 0 Å². The molecule has 0 spiro atoms. The molecule has 2 aliphatic rings. The van der Waals surface area contributed by atoms with Crippen LogP contribution in [-0.4, -0.2) is 75.4 Å². The van der Waals surface area contributed by atoms with Crippen LogP contribution in [0, 0.1) is 11.8 Å². The first-order valence-electron chi connectivity index (χ1n) is 12.4. The van der Waals surface area contributed by atoms with Crippen molar-refractivity contribution in [3.63, 3.8) is 0 Å². The van der Waals surface area contributed by atoms with Crippen LogP contribution < -0.4 is 0 Å². The van der Waals surface area contributed by atoms with E-state index in [4.69, 9.17) is 14.6 Å². The predicted octanol–water partition coefficient (Wildman–Crippen LogP) is 5.02. The fourth-order valence-corrected chi connectivity index (χ4v) is 4.72. The molecule has 0 unspecified atom stereocenters. The molecule has 2 heterocycles. The highest BCUT2D eigenvalue weighted by Crippen LogP contribution is 2.36. The van der Waals surface area contributed by atoms with Crippen molar-refractivity contribution in [2.45, 2.75) is 117 Å². The fourth-order valence-electron chi connectivity index (χ4n) is 4.72. The topological polar surface area (TPSA) is 96.4 Å². The van der Waals surface area contributed by atoms with Crippen LogP contribution >= 0.6 is 0 Å². The third kappa shape index (κ3) is 9.43. The van der Waals surface area contributed by atoms with Crippen molar-refractivity contribution in [3.05, 3.63) is 0 Å². The molecule has 198 valence electrons. The van der Waals surface area contributed by atoms with Crippen LogP contribution in [0.4, 0.5) is 9.59 Å². The largest absolute Gasteiger partial charge is 0.444 e. The van der Waals surface area contributed by atoms with Crippen LogP contribution in [0.25, 0.3) is 0 Å². The molecule has 0 bridgehead atoms. The number of likely N-dealkylation sites (tertiary alicyclic amines) is 2. The molecule has 2 saturated heterocycles. The Balaban J connectivity index is 0.000000340. The van der Waals surface area contributed by atoms with E-state index in [0.717, 1.165) is 25.5 Å². The summed E-state index contributed by atoms with van der Waals surface area (Å²) in [6, 6.07) is 0. The smallest absolute Gasteiger partial charge is 0.410 e. The van der Waals surface area contributed by atoms with E-state index >= 15 is 0 Å². The predicted molar refractivity (Wildman–Crippen MR) is 133 cm³/mol. The Morgan fingerprint density at radius 1 is 0.853 bits per heavy atom. The highest BCUT2D eigenvalue weighted by Gasteiger charge is 2.43. The molecule has 1 N–H and O–H groups in total. The number of carbonyl (C=O) groups excluding carboxylic acids is 3. The molecule has 2 atom stereocenters. The van der Waals surface area contributed by atoms with E-state index in [2.05, 4.69) is 0 Å². The molecule has 0 aromatic rings. The minimum absolute atomic E-state index is 0.178. The lowest BCUT2D eigenvalue weighted by molar-refractivity contribution is -0.108. The Morgan fingerprint density at radius 2 is 1.24 bits per heavy atom. The summed E-state index contributed by atoms with van der Waals surface area (Å²) in [5.74, 6) is 0.637. The molecule has 8 nitrogen and oxygen atoms in total. The summed E-state index contributed by atoms with van der Waals surface area (Å²) in [6.07, 6.45) is 3.45. The molecular formula is C26H48N2O6. The molecule has 8 heteroatoms. The molecule has 2 fully saturated rings. The summed E-state index contributed by atoms with van der Waals surface area (Å²) in [5, 5.41) is 8.97. The van der Waals surface area contributed by atoms with E-state index in [1.807, 2.05) is 69.2 Å². The standard InChI is InChI=1S/C13H25NO3.C13H23NO3/c2*1-12(2,3)17-11(16)14-9-10(6-7-15)8-13(14,4)5/h10,15H,6-9H2,1-5H3;7,10H,6,8-9H2,1-5H3/t2*10-/m00/s1. The number of hydrogen-bond acceptors (Lipinski definition) is 6. The zero-order valence-electron chi connectivity index (χ0n) is 23.1. The van der Waals surface area contributed by atoms with Crippen molar-refractivity contribution < 1.29 is 29.0 Å². The van der Waals surface area contributed by atoms with E-state index in [9.17, 15) is 14.4 Å². The summed E-state index contributed by atoms with van der Waals surface area (Å²) in [4.78, 5) is 38.2. The van der Waals surface area contributed by atoms with Crippen molar-refractivity contribution in [2.24, 2.45) is 11.8 Å². The number of aldehydes is 1. The molecule has 2 amide bonds. The van der Waals surface area contributed by atoms with Gasteiger partial charge < -0.3 is 29.2 Å². The molecular weight excluding hydrogens is 436 g/mol. The number of carbonyl (C=O) groups is 3. The fraction of sp³-hybridized carbons (Fsp3) is 0.885. The second-order valence-electron chi connectivity index (χ2n) is 12.9. The lowest BCUT2D eigenvalue weighted by Gasteiger charge is -2.33. The van der Waals surface area contributed by atoms with Gasteiger partial charge in [-0.2, -0.15) is 0 Å². The monoisotopic (exact) mass is 484 g/mol. The lowest BCUT2D eigenvalue weighted by Crippen LogP contribution is -2.45. The van der Waals surface area contributed by atoms with E-state index in [1.54, 1.807) is 9.80 Å². The number of ether oxygens (including phenoxy) is 2. The zero-order chi connectivity index (χ0) is 26.5. The van der Waals surface area contributed by atoms with Crippen LogP contribution in [0.1, 0.15) is 94.9 Å². The Hall–Kier alpha value is -1.83. The molecule has 2 aliphatic heterocycles. The van der Waals surface area contributed by atoms with Gasteiger partial charge in [-0.25, -0.2) is 9.59 Å². The summed E-state index contributed by atoms with van der Waals surface area (Å²) >= 11 is 0. The third-order valence-electron chi connectivity index (χ3n) is 6.11. The summed E-state index contributed by atoms with van der Waals surface area (Å²) < 4.78 is 10.8. The van der Waals surface area contributed by atoms with Crippen molar-refractivity contribution in [1.82, 2.24) is 9.80 Å². The first kappa shape index (κ1) is 30.2. The lowest BCUT2D eigenvalue weighted by atomic mass is 9.95. The van der Waals surface area contributed by atoms with Gasteiger partial charge in [0.25, 0.3) is 0 Å². The number of nitrogens with zero attached hydrogens (tertiary/aromatic N) is 2. The van der Waals surface area contributed by atoms with Crippen LogP contribution in [-0.2, 0) is 14.3 Å². The van der Waals surface area contributed by atoms with Gasteiger partial charge in [-0.1, -0.05) is 0 Å². The molecule has 0 saturated carbocycles. The normalized spacial score (nSPS) is 23.7. The van der Waals surface area contributed by atoms with Crippen LogP contribution in [0.2, 0.25) is 0 Å².